The van der Waals surface area contributed by atoms with Crippen LogP contribution in [0.15, 0.2) is 30.5 Å². The van der Waals surface area contributed by atoms with Gasteiger partial charge in [0.15, 0.2) is 0 Å². The summed E-state index contributed by atoms with van der Waals surface area (Å²) in [6.07, 6.45) is 1.76. The lowest BCUT2D eigenvalue weighted by Crippen LogP contribution is -2.05. The third kappa shape index (κ3) is 2.88. The summed E-state index contributed by atoms with van der Waals surface area (Å²) in [6, 6.07) is 6.92. The Morgan fingerprint density at radius 3 is 2.89 bits per heavy atom. The number of phenols is 1. The molecule has 1 aromatic carbocycles. The van der Waals surface area contributed by atoms with Crippen LogP contribution in [0.4, 0.5) is 17.5 Å². The van der Waals surface area contributed by atoms with Crippen LogP contribution >= 0.6 is 0 Å². The molecule has 3 N–H and O–H groups in total. The standard InChI is InChI=1S/C13H16N4O/c1-3-14-13-15-8-9(2)12(17-13)16-10-5-4-6-11(18)7-10/h4-8,18H,3H2,1-2H3,(H2,14,15,16,17). The number of hydrogen-bond donors (Lipinski definition) is 3. The highest BCUT2D eigenvalue weighted by atomic mass is 16.3. The summed E-state index contributed by atoms with van der Waals surface area (Å²) in [5.74, 6) is 1.54. The lowest BCUT2D eigenvalue weighted by atomic mass is 10.3. The van der Waals surface area contributed by atoms with E-state index in [-0.39, 0.29) is 5.75 Å². The quantitative estimate of drug-likeness (QED) is 0.771. The van der Waals surface area contributed by atoms with Gasteiger partial charge in [-0.1, -0.05) is 6.07 Å². The lowest BCUT2D eigenvalue weighted by Gasteiger charge is -2.10. The molecule has 0 aliphatic heterocycles. The molecule has 0 fully saturated rings. The second-order valence-electron chi connectivity index (χ2n) is 3.93. The van der Waals surface area contributed by atoms with Crippen molar-refractivity contribution in [2.45, 2.75) is 13.8 Å². The minimum atomic E-state index is 0.221. The van der Waals surface area contributed by atoms with Crippen LogP contribution in [-0.4, -0.2) is 21.6 Å². The number of aryl methyl sites for hydroxylation is 1. The van der Waals surface area contributed by atoms with Gasteiger partial charge in [0, 0.05) is 30.1 Å². The van der Waals surface area contributed by atoms with Gasteiger partial charge in [-0.2, -0.15) is 4.98 Å². The third-order valence-corrected chi connectivity index (χ3v) is 2.42. The Kier molecular flexibility index (Phi) is 3.62. The van der Waals surface area contributed by atoms with Gasteiger partial charge in [0.25, 0.3) is 0 Å². The molecule has 0 amide bonds. The highest BCUT2D eigenvalue weighted by Gasteiger charge is 2.04. The molecule has 18 heavy (non-hydrogen) atoms. The number of aromatic nitrogens is 2. The van der Waals surface area contributed by atoms with E-state index in [1.807, 2.05) is 19.9 Å². The van der Waals surface area contributed by atoms with Crippen LogP contribution in [0.2, 0.25) is 0 Å². The largest absolute Gasteiger partial charge is 0.508 e. The van der Waals surface area contributed by atoms with Gasteiger partial charge < -0.3 is 15.7 Å². The Morgan fingerprint density at radius 2 is 2.17 bits per heavy atom. The van der Waals surface area contributed by atoms with Gasteiger partial charge in [-0.05, 0) is 26.0 Å². The van der Waals surface area contributed by atoms with E-state index in [4.69, 9.17) is 0 Å². The molecule has 0 bridgehead atoms. The maximum Gasteiger partial charge on any atom is 0.224 e. The molecule has 5 nitrogen and oxygen atoms in total. The summed E-state index contributed by atoms with van der Waals surface area (Å²) >= 11 is 0. The molecule has 0 saturated heterocycles. The van der Waals surface area contributed by atoms with Crippen molar-refractivity contribution in [3.63, 3.8) is 0 Å². The van der Waals surface area contributed by atoms with Crippen molar-refractivity contribution in [2.24, 2.45) is 0 Å². The summed E-state index contributed by atoms with van der Waals surface area (Å²) in [6.45, 7) is 4.70. The average molecular weight is 244 g/mol. The zero-order valence-electron chi connectivity index (χ0n) is 10.4. The minimum Gasteiger partial charge on any atom is -0.508 e. The number of nitrogens with one attached hydrogen (secondary N) is 2. The molecule has 0 saturated carbocycles. The Morgan fingerprint density at radius 1 is 1.33 bits per heavy atom. The molecule has 0 atom stereocenters. The lowest BCUT2D eigenvalue weighted by molar-refractivity contribution is 0.475. The van der Waals surface area contributed by atoms with E-state index in [2.05, 4.69) is 20.6 Å². The molecular weight excluding hydrogens is 228 g/mol. The molecule has 5 heteroatoms. The van der Waals surface area contributed by atoms with E-state index < -0.39 is 0 Å². The maximum atomic E-state index is 9.41. The fourth-order valence-corrected chi connectivity index (χ4v) is 1.53. The smallest absolute Gasteiger partial charge is 0.224 e. The highest BCUT2D eigenvalue weighted by molar-refractivity contribution is 5.61. The number of nitrogens with zero attached hydrogens (tertiary/aromatic N) is 2. The van der Waals surface area contributed by atoms with Crippen LogP contribution in [0.25, 0.3) is 0 Å². The molecule has 2 aromatic rings. The highest BCUT2D eigenvalue weighted by Crippen LogP contribution is 2.21. The topological polar surface area (TPSA) is 70.1 Å². The second-order valence-corrected chi connectivity index (χ2v) is 3.93. The van der Waals surface area contributed by atoms with E-state index in [9.17, 15) is 5.11 Å². The monoisotopic (exact) mass is 244 g/mol. The second kappa shape index (κ2) is 5.35. The summed E-state index contributed by atoms with van der Waals surface area (Å²) in [5.41, 5.74) is 1.74. The molecule has 0 aliphatic rings. The van der Waals surface area contributed by atoms with Crippen molar-refractivity contribution < 1.29 is 5.11 Å². The Labute approximate surface area is 106 Å². The van der Waals surface area contributed by atoms with Crippen LogP contribution in [0.3, 0.4) is 0 Å². The van der Waals surface area contributed by atoms with Crippen LogP contribution in [0.1, 0.15) is 12.5 Å². The van der Waals surface area contributed by atoms with Crippen LogP contribution in [0, 0.1) is 6.92 Å². The number of anilines is 3. The molecule has 0 radical (unpaired) electrons. The zero-order valence-corrected chi connectivity index (χ0v) is 10.4. The summed E-state index contributed by atoms with van der Waals surface area (Å²) in [5, 5.41) is 15.6. The minimum absolute atomic E-state index is 0.221. The molecular formula is C13H16N4O. The number of aromatic hydroxyl groups is 1. The summed E-state index contributed by atoms with van der Waals surface area (Å²) < 4.78 is 0. The predicted molar refractivity (Wildman–Crippen MR) is 72.3 cm³/mol. The molecule has 0 aliphatic carbocycles. The van der Waals surface area contributed by atoms with Gasteiger partial charge in [-0.15, -0.1) is 0 Å². The van der Waals surface area contributed by atoms with Gasteiger partial charge in [0.2, 0.25) is 5.95 Å². The molecule has 1 aromatic heterocycles. The first-order chi connectivity index (χ1) is 8.69. The van der Waals surface area contributed by atoms with Crippen molar-refractivity contribution in [3.8, 4) is 5.75 Å². The first kappa shape index (κ1) is 12.2. The fourth-order valence-electron chi connectivity index (χ4n) is 1.53. The normalized spacial score (nSPS) is 10.1. The zero-order chi connectivity index (χ0) is 13.0. The molecule has 1 heterocycles. The number of phenolic OH excluding ortho intramolecular Hbond substituents is 1. The van der Waals surface area contributed by atoms with E-state index in [1.54, 1.807) is 24.4 Å². The van der Waals surface area contributed by atoms with Gasteiger partial charge >= 0.3 is 0 Å². The van der Waals surface area contributed by atoms with Crippen LogP contribution < -0.4 is 10.6 Å². The first-order valence-electron chi connectivity index (χ1n) is 5.82. The van der Waals surface area contributed by atoms with Gasteiger partial charge in [-0.3, -0.25) is 0 Å². The van der Waals surface area contributed by atoms with Crippen molar-refractivity contribution in [1.82, 2.24) is 9.97 Å². The average Bonchev–Trinajstić information content (AvgIpc) is 2.34. The van der Waals surface area contributed by atoms with Crippen molar-refractivity contribution >= 4 is 17.5 Å². The van der Waals surface area contributed by atoms with E-state index in [1.165, 1.54) is 0 Å². The number of rotatable bonds is 4. The summed E-state index contributed by atoms with van der Waals surface area (Å²) in [4.78, 5) is 8.55. The van der Waals surface area contributed by atoms with Gasteiger partial charge in [0.05, 0.1) is 0 Å². The van der Waals surface area contributed by atoms with E-state index in [0.717, 1.165) is 23.6 Å². The van der Waals surface area contributed by atoms with Crippen LogP contribution in [0.5, 0.6) is 5.75 Å². The Balaban J connectivity index is 2.25. The third-order valence-electron chi connectivity index (χ3n) is 2.42. The SMILES string of the molecule is CCNc1ncc(C)c(Nc2cccc(O)c2)n1. The Hall–Kier alpha value is -2.30. The summed E-state index contributed by atoms with van der Waals surface area (Å²) in [7, 11) is 0. The molecule has 0 spiro atoms. The van der Waals surface area contributed by atoms with Crippen molar-refractivity contribution in [3.05, 3.63) is 36.0 Å². The van der Waals surface area contributed by atoms with Gasteiger partial charge in [-0.25, -0.2) is 4.98 Å². The number of benzene rings is 1. The van der Waals surface area contributed by atoms with E-state index >= 15 is 0 Å². The molecule has 2 rings (SSSR count). The van der Waals surface area contributed by atoms with Crippen LogP contribution in [-0.2, 0) is 0 Å². The predicted octanol–water partition coefficient (Wildman–Crippen LogP) is 2.67. The Bertz CT molecular complexity index is 542. The first-order valence-corrected chi connectivity index (χ1v) is 5.82. The molecule has 94 valence electrons. The number of hydrogen-bond acceptors (Lipinski definition) is 5. The van der Waals surface area contributed by atoms with Crippen molar-refractivity contribution in [1.29, 1.82) is 0 Å². The fraction of sp³-hybridized carbons (Fsp3) is 0.231. The molecule has 0 unspecified atom stereocenters. The van der Waals surface area contributed by atoms with Gasteiger partial charge in [0.1, 0.15) is 11.6 Å². The van der Waals surface area contributed by atoms with Crippen molar-refractivity contribution in [2.75, 3.05) is 17.2 Å². The van der Waals surface area contributed by atoms with E-state index in [0.29, 0.717) is 5.95 Å². The maximum absolute atomic E-state index is 9.41.